The van der Waals surface area contributed by atoms with Crippen LogP contribution < -0.4 is 0 Å². The SMILES string of the molecule is CC\C=C/C=C\C=C/C=C\CCCCCC(=O)OCC(COC(=O)CCCCCCC\C=C/C=C\C=C/CC)OC(=O)CCCCC\C=C/C=C\C=C/C=C\CC. The van der Waals surface area contributed by atoms with E-state index in [1.807, 2.05) is 79.0 Å². The molecule has 0 aromatic rings. The quantitative estimate of drug-likeness (QED) is 0.0272. The first kappa shape index (κ1) is 52.6. The number of carbonyl (C=O) groups is 3. The van der Waals surface area contributed by atoms with Gasteiger partial charge in [-0.3, -0.25) is 14.4 Å². The van der Waals surface area contributed by atoms with Crippen LogP contribution in [0.1, 0.15) is 149 Å². The third-order valence-electron chi connectivity index (χ3n) is 8.38. The number of hydrogen-bond donors (Lipinski definition) is 0. The summed E-state index contributed by atoms with van der Waals surface area (Å²) in [6.07, 6.45) is 61.5. The lowest BCUT2D eigenvalue weighted by Crippen LogP contribution is -2.30. The molecule has 0 rings (SSSR count). The number of esters is 3. The zero-order chi connectivity index (χ0) is 41.5. The Labute approximate surface area is 347 Å². The Kier molecular flexibility index (Phi) is 40.8. The highest BCUT2D eigenvalue weighted by Crippen LogP contribution is 2.11. The third kappa shape index (κ3) is 42.5. The zero-order valence-corrected chi connectivity index (χ0v) is 35.8. The molecular weight excluding hydrogens is 709 g/mol. The lowest BCUT2D eigenvalue weighted by molar-refractivity contribution is -0.167. The molecule has 0 aliphatic carbocycles. The fraction of sp³-hybridized carbons (Fsp3) is 0.510. The van der Waals surface area contributed by atoms with Crippen molar-refractivity contribution in [2.24, 2.45) is 0 Å². The number of hydrogen-bond acceptors (Lipinski definition) is 6. The second-order valence-corrected chi connectivity index (χ2v) is 13.7. The van der Waals surface area contributed by atoms with Gasteiger partial charge in [0.1, 0.15) is 13.2 Å². The van der Waals surface area contributed by atoms with Crippen molar-refractivity contribution in [1.29, 1.82) is 0 Å². The average Bonchev–Trinajstić information content (AvgIpc) is 3.21. The van der Waals surface area contributed by atoms with Crippen LogP contribution in [-0.2, 0) is 28.6 Å². The molecule has 0 amide bonds. The van der Waals surface area contributed by atoms with Crippen molar-refractivity contribution < 1.29 is 28.6 Å². The predicted molar refractivity (Wildman–Crippen MR) is 242 cm³/mol. The molecule has 0 saturated heterocycles. The molecule has 0 fully saturated rings. The van der Waals surface area contributed by atoms with Gasteiger partial charge < -0.3 is 14.2 Å². The molecule has 0 heterocycles. The van der Waals surface area contributed by atoms with E-state index >= 15 is 0 Å². The van der Waals surface area contributed by atoms with Gasteiger partial charge in [-0.1, -0.05) is 187 Å². The molecule has 0 N–H and O–H groups in total. The summed E-state index contributed by atoms with van der Waals surface area (Å²) in [5.41, 5.74) is 0. The lowest BCUT2D eigenvalue weighted by Gasteiger charge is -2.18. The van der Waals surface area contributed by atoms with Gasteiger partial charge in [-0.15, -0.1) is 0 Å². The molecule has 6 heteroatoms. The van der Waals surface area contributed by atoms with E-state index < -0.39 is 6.10 Å². The van der Waals surface area contributed by atoms with Gasteiger partial charge >= 0.3 is 17.9 Å². The fourth-order valence-electron chi connectivity index (χ4n) is 5.17. The molecule has 0 aliphatic rings. The van der Waals surface area contributed by atoms with Crippen LogP contribution in [-0.4, -0.2) is 37.2 Å². The van der Waals surface area contributed by atoms with Crippen molar-refractivity contribution in [2.45, 2.75) is 155 Å². The molecule has 0 radical (unpaired) electrons. The summed E-state index contributed by atoms with van der Waals surface area (Å²) >= 11 is 0. The van der Waals surface area contributed by atoms with Gasteiger partial charge in [-0.25, -0.2) is 0 Å². The zero-order valence-electron chi connectivity index (χ0n) is 35.8. The Morgan fingerprint density at radius 2 is 0.632 bits per heavy atom. The van der Waals surface area contributed by atoms with Crippen molar-refractivity contribution in [3.63, 3.8) is 0 Å². The van der Waals surface area contributed by atoms with E-state index in [2.05, 4.69) is 75.5 Å². The molecule has 1 unspecified atom stereocenters. The van der Waals surface area contributed by atoms with Gasteiger partial charge in [0, 0.05) is 19.3 Å². The summed E-state index contributed by atoms with van der Waals surface area (Å²) < 4.78 is 16.6. The Morgan fingerprint density at radius 1 is 0.351 bits per heavy atom. The van der Waals surface area contributed by atoms with Crippen LogP contribution in [0.25, 0.3) is 0 Å². The molecular formula is C51H76O6. The molecule has 0 spiro atoms. The Bertz CT molecular complexity index is 1320. The van der Waals surface area contributed by atoms with Crippen molar-refractivity contribution in [2.75, 3.05) is 13.2 Å². The van der Waals surface area contributed by atoms with Crippen LogP contribution in [0.15, 0.2) is 134 Å². The largest absolute Gasteiger partial charge is 0.462 e. The molecule has 1 atom stereocenters. The Morgan fingerprint density at radius 3 is 1.00 bits per heavy atom. The smallest absolute Gasteiger partial charge is 0.306 e. The molecule has 6 nitrogen and oxygen atoms in total. The van der Waals surface area contributed by atoms with E-state index in [0.29, 0.717) is 19.3 Å². The van der Waals surface area contributed by atoms with Crippen LogP contribution >= 0.6 is 0 Å². The molecule has 316 valence electrons. The minimum atomic E-state index is -0.826. The first-order chi connectivity index (χ1) is 28.0. The Balaban J connectivity index is 4.60. The van der Waals surface area contributed by atoms with E-state index in [0.717, 1.165) is 103 Å². The van der Waals surface area contributed by atoms with Crippen LogP contribution in [0.4, 0.5) is 0 Å². The highest BCUT2D eigenvalue weighted by atomic mass is 16.6. The summed E-state index contributed by atoms with van der Waals surface area (Å²) in [4.78, 5) is 37.7. The van der Waals surface area contributed by atoms with Gasteiger partial charge in [0.05, 0.1) is 0 Å². The summed E-state index contributed by atoms with van der Waals surface area (Å²) in [5, 5.41) is 0. The maximum absolute atomic E-state index is 12.7. The number of rotatable bonds is 36. The maximum atomic E-state index is 12.7. The molecule has 0 saturated carbocycles. The number of carbonyl (C=O) groups excluding carboxylic acids is 3. The lowest BCUT2D eigenvalue weighted by atomic mass is 10.1. The molecule has 0 aromatic carbocycles. The van der Waals surface area contributed by atoms with E-state index in [4.69, 9.17) is 14.2 Å². The van der Waals surface area contributed by atoms with Gasteiger partial charge in [0.15, 0.2) is 6.10 Å². The highest BCUT2D eigenvalue weighted by Gasteiger charge is 2.19. The number of unbranched alkanes of at least 4 members (excludes halogenated alkanes) is 11. The van der Waals surface area contributed by atoms with Crippen LogP contribution in [0.5, 0.6) is 0 Å². The normalized spacial score (nSPS) is 13.4. The topological polar surface area (TPSA) is 78.9 Å². The van der Waals surface area contributed by atoms with Gasteiger partial charge in [-0.2, -0.15) is 0 Å². The second-order valence-electron chi connectivity index (χ2n) is 13.7. The Hall–Kier alpha value is -4.45. The summed E-state index contributed by atoms with van der Waals surface area (Å²) in [6, 6.07) is 0. The van der Waals surface area contributed by atoms with Gasteiger partial charge in [0.25, 0.3) is 0 Å². The molecule has 0 bridgehead atoms. The van der Waals surface area contributed by atoms with Crippen LogP contribution in [0, 0.1) is 0 Å². The minimum Gasteiger partial charge on any atom is -0.462 e. The van der Waals surface area contributed by atoms with E-state index in [9.17, 15) is 14.4 Å². The van der Waals surface area contributed by atoms with Gasteiger partial charge in [0.2, 0.25) is 0 Å². The summed E-state index contributed by atoms with van der Waals surface area (Å²) in [5.74, 6) is -1.04. The molecule has 0 aromatic heterocycles. The van der Waals surface area contributed by atoms with Crippen LogP contribution in [0.2, 0.25) is 0 Å². The first-order valence-corrected chi connectivity index (χ1v) is 21.8. The standard InChI is InChI=1S/C51H76O6/c1-4-7-10-13-16-19-22-25-28-31-34-37-40-43-49(52)55-46-48(57-51(54)45-42-39-36-33-30-27-24-21-18-15-12-9-6-3)47-56-50(53)44-41-38-35-32-29-26-23-20-17-14-11-8-5-2/h7-25,27-28,30,48H,4-6,26,29,31-47H2,1-3H3/b10-7-,11-8-,12-9-,16-13-,17-14-,18-15-,22-19-,23-20-,24-21-,28-25-,30-27-. The third-order valence-corrected chi connectivity index (χ3v) is 8.38. The molecule has 0 aliphatic heterocycles. The fourth-order valence-corrected chi connectivity index (χ4v) is 5.17. The first-order valence-electron chi connectivity index (χ1n) is 21.8. The summed E-state index contributed by atoms with van der Waals surface area (Å²) in [7, 11) is 0. The summed E-state index contributed by atoms with van der Waals surface area (Å²) in [6.45, 7) is 6.08. The van der Waals surface area contributed by atoms with Crippen molar-refractivity contribution in [1.82, 2.24) is 0 Å². The van der Waals surface area contributed by atoms with Crippen LogP contribution in [0.3, 0.4) is 0 Å². The van der Waals surface area contributed by atoms with Crippen molar-refractivity contribution in [3.05, 3.63) is 134 Å². The predicted octanol–water partition coefficient (Wildman–Crippen LogP) is 14.0. The van der Waals surface area contributed by atoms with Crippen molar-refractivity contribution >= 4 is 17.9 Å². The average molecular weight is 785 g/mol. The van der Waals surface area contributed by atoms with E-state index in [1.165, 1.54) is 0 Å². The highest BCUT2D eigenvalue weighted by molar-refractivity contribution is 5.71. The maximum Gasteiger partial charge on any atom is 0.306 e. The van der Waals surface area contributed by atoms with E-state index in [-0.39, 0.29) is 37.5 Å². The second kappa shape index (κ2) is 44.3. The monoisotopic (exact) mass is 785 g/mol. The minimum absolute atomic E-state index is 0.124. The van der Waals surface area contributed by atoms with Gasteiger partial charge in [-0.05, 0) is 77.0 Å². The van der Waals surface area contributed by atoms with E-state index in [1.54, 1.807) is 0 Å². The molecule has 57 heavy (non-hydrogen) atoms. The van der Waals surface area contributed by atoms with Crippen molar-refractivity contribution in [3.8, 4) is 0 Å². The number of ether oxygens (including phenoxy) is 3. The number of allylic oxidation sites excluding steroid dienone is 22.